The number of carbonyl (C=O) groups is 2. The van der Waals surface area contributed by atoms with Gasteiger partial charge in [-0.1, -0.05) is 18.2 Å². The molecule has 1 aliphatic heterocycles. The fraction of sp³-hybridized carbons (Fsp3) is 0.423. The molecule has 3 rings (SSSR count). The van der Waals surface area contributed by atoms with Crippen molar-refractivity contribution in [1.82, 2.24) is 15.6 Å². The number of phenolic OH excluding ortho intramolecular Hbond substituents is 1. The minimum Gasteiger partial charge on any atom is -0.504 e. The number of amides is 2. The van der Waals surface area contributed by atoms with Crippen LogP contribution in [-0.2, 0) is 9.53 Å². The fourth-order valence-corrected chi connectivity index (χ4v) is 3.85. The summed E-state index contributed by atoms with van der Waals surface area (Å²) in [6, 6.07) is 13.7. The number of hydrogen-bond acceptors (Lipinski definition) is 7. The topological polar surface area (TPSA) is 112 Å². The van der Waals surface area contributed by atoms with Crippen LogP contribution >= 0.6 is 0 Å². The highest BCUT2D eigenvalue weighted by atomic mass is 16.5. The molecule has 2 aromatic rings. The maximum atomic E-state index is 13.0. The van der Waals surface area contributed by atoms with E-state index < -0.39 is 0 Å². The summed E-state index contributed by atoms with van der Waals surface area (Å²) < 4.78 is 10.8. The SMILES string of the molecule is CCOc1cc(/C=N/NC(=O)[C@@H](CCCCNC(=O)c2ccccc2)N2CCOCC2)ccc1O. The molecule has 0 bridgehead atoms. The first-order valence-corrected chi connectivity index (χ1v) is 12.0. The molecular formula is C26H34N4O5. The fourth-order valence-electron chi connectivity index (χ4n) is 3.85. The molecule has 35 heavy (non-hydrogen) atoms. The van der Waals surface area contributed by atoms with Gasteiger partial charge in [-0.05, 0) is 62.1 Å². The standard InChI is InChI=1S/C26H34N4O5/c1-2-35-24-18-20(11-12-23(24)31)19-28-29-26(33)22(30-14-16-34-17-15-30)10-6-7-13-27-25(32)21-8-4-3-5-9-21/h3-5,8-9,11-12,18-19,22,31H,2,6-7,10,13-17H2,1H3,(H,27,32)(H,29,33)/b28-19+/t22-/m1/s1. The van der Waals surface area contributed by atoms with Crippen LogP contribution in [0.3, 0.4) is 0 Å². The van der Waals surface area contributed by atoms with Crippen molar-refractivity contribution in [1.29, 1.82) is 0 Å². The summed E-state index contributed by atoms with van der Waals surface area (Å²) in [7, 11) is 0. The lowest BCUT2D eigenvalue weighted by Gasteiger charge is -2.33. The van der Waals surface area contributed by atoms with E-state index in [0.717, 1.165) is 12.8 Å². The Balaban J connectivity index is 1.50. The molecule has 3 N–H and O–H groups in total. The number of ether oxygens (including phenoxy) is 2. The maximum Gasteiger partial charge on any atom is 0.257 e. The summed E-state index contributed by atoms with van der Waals surface area (Å²) in [5, 5.41) is 16.9. The number of nitrogens with one attached hydrogen (secondary N) is 2. The summed E-state index contributed by atoms with van der Waals surface area (Å²) in [6.07, 6.45) is 3.72. The van der Waals surface area contributed by atoms with Gasteiger partial charge in [-0.15, -0.1) is 0 Å². The van der Waals surface area contributed by atoms with Gasteiger partial charge in [-0.2, -0.15) is 5.10 Å². The van der Waals surface area contributed by atoms with Crippen LogP contribution < -0.4 is 15.5 Å². The van der Waals surface area contributed by atoms with Gasteiger partial charge >= 0.3 is 0 Å². The molecule has 0 radical (unpaired) electrons. The Morgan fingerprint density at radius 2 is 1.94 bits per heavy atom. The van der Waals surface area contributed by atoms with Gasteiger partial charge in [0, 0.05) is 25.2 Å². The molecular weight excluding hydrogens is 448 g/mol. The number of carbonyl (C=O) groups excluding carboxylic acids is 2. The molecule has 2 amide bonds. The van der Waals surface area contributed by atoms with Crippen LogP contribution in [0.2, 0.25) is 0 Å². The molecule has 9 nitrogen and oxygen atoms in total. The minimum absolute atomic E-state index is 0.0559. The van der Waals surface area contributed by atoms with Gasteiger partial charge in [0.25, 0.3) is 11.8 Å². The van der Waals surface area contributed by atoms with Crippen molar-refractivity contribution in [3.8, 4) is 11.5 Å². The van der Waals surface area contributed by atoms with E-state index in [2.05, 4.69) is 20.7 Å². The van der Waals surface area contributed by atoms with Crippen molar-refractivity contribution in [3.05, 3.63) is 59.7 Å². The second-order valence-electron chi connectivity index (χ2n) is 8.18. The second kappa shape index (κ2) is 14.1. The molecule has 1 fully saturated rings. The van der Waals surface area contributed by atoms with Crippen molar-refractivity contribution >= 4 is 18.0 Å². The lowest BCUT2D eigenvalue weighted by Crippen LogP contribution is -2.50. The van der Waals surface area contributed by atoms with E-state index in [0.29, 0.717) is 62.8 Å². The van der Waals surface area contributed by atoms with Gasteiger partial charge in [-0.25, -0.2) is 5.43 Å². The van der Waals surface area contributed by atoms with E-state index in [9.17, 15) is 14.7 Å². The van der Waals surface area contributed by atoms with E-state index in [-0.39, 0.29) is 23.6 Å². The molecule has 0 unspecified atom stereocenters. The van der Waals surface area contributed by atoms with Crippen LogP contribution in [0.15, 0.2) is 53.6 Å². The van der Waals surface area contributed by atoms with Gasteiger partial charge in [0.15, 0.2) is 11.5 Å². The third-order valence-corrected chi connectivity index (χ3v) is 5.69. The number of benzene rings is 2. The Hall–Kier alpha value is -3.43. The first kappa shape index (κ1) is 26.2. The number of hydrazone groups is 1. The molecule has 1 atom stereocenters. The molecule has 0 spiro atoms. The van der Waals surface area contributed by atoms with Crippen molar-refractivity contribution in [2.45, 2.75) is 32.2 Å². The van der Waals surface area contributed by atoms with E-state index in [1.165, 1.54) is 12.3 Å². The molecule has 1 aliphatic rings. The van der Waals surface area contributed by atoms with Gasteiger partial charge in [0.05, 0.1) is 32.1 Å². The largest absolute Gasteiger partial charge is 0.504 e. The smallest absolute Gasteiger partial charge is 0.257 e. The van der Waals surface area contributed by atoms with E-state index >= 15 is 0 Å². The van der Waals surface area contributed by atoms with Gasteiger partial charge in [0.2, 0.25) is 0 Å². The molecule has 0 aliphatic carbocycles. The van der Waals surface area contributed by atoms with Gasteiger partial charge in [0.1, 0.15) is 0 Å². The predicted molar refractivity (Wildman–Crippen MR) is 134 cm³/mol. The Morgan fingerprint density at radius 1 is 1.17 bits per heavy atom. The number of nitrogens with zero attached hydrogens (tertiary/aromatic N) is 2. The predicted octanol–water partition coefficient (Wildman–Crippen LogP) is 2.54. The average Bonchev–Trinajstić information content (AvgIpc) is 2.89. The highest BCUT2D eigenvalue weighted by Gasteiger charge is 2.26. The van der Waals surface area contributed by atoms with Crippen LogP contribution in [0, 0.1) is 0 Å². The summed E-state index contributed by atoms with van der Waals surface area (Å²) in [6.45, 7) is 5.37. The van der Waals surface area contributed by atoms with Gasteiger partial charge in [-0.3, -0.25) is 14.5 Å². The van der Waals surface area contributed by atoms with Crippen LogP contribution in [0.1, 0.15) is 42.1 Å². The highest BCUT2D eigenvalue weighted by Crippen LogP contribution is 2.26. The Labute approximate surface area is 206 Å². The van der Waals surface area contributed by atoms with Crippen molar-refractivity contribution < 1.29 is 24.2 Å². The first-order valence-electron chi connectivity index (χ1n) is 12.0. The van der Waals surface area contributed by atoms with Crippen molar-refractivity contribution in [3.63, 3.8) is 0 Å². The maximum absolute atomic E-state index is 13.0. The molecule has 1 saturated heterocycles. The lowest BCUT2D eigenvalue weighted by atomic mass is 10.1. The molecule has 188 valence electrons. The Bertz CT molecular complexity index is 977. The normalized spacial score (nSPS) is 15.0. The molecule has 0 aromatic heterocycles. The Morgan fingerprint density at radius 3 is 2.69 bits per heavy atom. The summed E-state index contributed by atoms with van der Waals surface area (Å²) in [5.41, 5.74) is 3.99. The number of hydrogen-bond donors (Lipinski definition) is 3. The minimum atomic E-state index is -0.334. The van der Waals surface area contributed by atoms with Crippen LogP contribution in [-0.4, -0.2) is 73.5 Å². The third kappa shape index (κ3) is 8.38. The zero-order valence-corrected chi connectivity index (χ0v) is 20.1. The summed E-state index contributed by atoms with van der Waals surface area (Å²) >= 11 is 0. The van der Waals surface area contributed by atoms with Crippen molar-refractivity contribution in [2.24, 2.45) is 5.10 Å². The molecule has 0 saturated carbocycles. The number of unbranched alkanes of at least 4 members (excludes halogenated alkanes) is 1. The van der Waals surface area contributed by atoms with E-state index in [4.69, 9.17) is 9.47 Å². The number of phenols is 1. The zero-order chi connectivity index (χ0) is 24.9. The molecule has 2 aromatic carbocycles. The van der Waals surface area contributed by atoms with Crippen LogP contribution in [0.25, 0.3) is 0 Å². The quantitative estimate of drug-likeness (QED) is 0.244. The zero-order valence-electron chi connectivity index (χ0n) is 20.1. The monoisotopic (exact) mass is 482 g/mol. The van der Waals surface area contributed by atoms with Gasteiger partial charge < -0.3 is 19.9 Å². The van der Waals surface area contributed by atoms with Crippen molar-refractivity contribution in [2.75, 3.05) is 39.5 Å². The van der Waals surface area contributed by atoms with E-state index in [1.54, 1.807) is 24.3 Å². The lowest BCUT2D eigenvalue weighted by molar-refractivity contribution is -0.128. The molecule has 9 heteroatoms. The van der Waals surface area contributed by atoms with Crippen LogP contribution in [0.4, 0.5) is 0 Å². The second-order valence-corrected chi connectivity index (χ2v) is 8.18. The van der Waals surface area contributed by atoms with E-state index in [1.807, 2.05) is 25.1 Å². The summed E-state index contributed by atoms with van der Waals surface area (Å²) in [5.74, 6) is 0.151. The number of aromatic hydroxyl groups is 1. The first-order chi connectivity index (χ1) is 17.1. The molecule has 1 heterocycles. The third-order valence-electron chi connectivity index (χ3n) is 5.69. The highest BCUT2D eigenvalue weighted by molar-refractivity contribution is 5.94. The summed E-state index contributed by atoms with van der Waals surface area (Å²) in [4.78, 5) is 27.3. The Kier molecular flexibility index (Phi) is 10.5. The average molecular weight is 483 g/mol. The van der Waals surface area contributed by atoms with Crippen LogP contribution in [0.5, 0.6) is 11.5 Å². The number of morpholine rings is 1. The number of rotatable bonds is 12.